The monoisotopic (exact) mass is 442 g/mol. The van der Waals surface area contributed by atoms with Crippen molar-refractivity contribution in [3.63, 3.8) is 0 Å². The molecule has 1 aromatic carbocycles. The quantitative estimate of drug-likeness (QED) is 0.630. The fraction of sp³-hybridized carbons (Fsp3) is 0.435. The lowest BCUT2D eigenvalue weighted by Gasteiger charge is -2.19. The van der Waals surface area contributed by atoms with Gasteiger partial charge in [0.15, 0.2) is 6.17 Å². The number of methoxy groups -OCH3 is 1. The van der Waals surface area contributed by atoms with Crippen molar-refractivity contribution < 1.29 is 23.5 Å². The van der Waals surface area contributed by atoms with Crippen molar-refractivity contribution in [2.24, 2.45) is 11.7 Å². The van der Waals surface area contributed by atoms with Crippen LogP contribution in [-0.2, 0) is 4.79 Å². The summed E-state index contributed by atoms with van der Waals surface area (Å²) in [6.45, 7) is 2.43. The fourth-order valence-corrected chi connectivity index (χ4v) is 3.70. The number of carbonyl (C=O) groups is 2. The molecular weight excluding hydrogens is 415 g/mol. The summed E-state index contributed by atoms with van der Waals surface area (Å²) in [6, 6.07) is 2.76. The molecule has 0 spiro atoms. The van der Waals surface area contributed by atoms with Gasteiger partial charge in [-0.1, -0.05) is 18.8 Å². The molecule has 1 aliphatic rings. The maximum absolute atomic E-state index is 14.1. The molecule has 3 rings (SSSR count). The number of hydrogen-bond donors (Lipinski definition) is 2. The zero-order valence-electron chi connectivity index (χ0n) is 18.6. The van der Waals surface area contributed by atoms with Crippen LogP contribution in [0.25, 0.3) is 10.8 Å². The highest BCUT2D eigenvalue weighted by Gasteiger charge is 2.41. The number of nitrogens with one attached hydrogen (secondary N) is 1. The second-order valence-corrected chi connectivity index (χ2v) is 7.88. The lowest BCUT2D eigenvalue weighted by atomic mass is 9.97. The minimum absolute atomic E-state index is 0.0539. The van der Waals surface area contributed by atoms with Crippen molar-refractivity contribution in [1.82, 2.24) is 15.2 Å². The van der Waals surface area contributed by atoms with Gasteiger partial charge in [-0.05, 0) is 32.6 Å². The van der Waals surface area contributed by atoms with Crippen LogP contribution in [0.3, 0.4) is 0 Å². The maximum Gasteiger partial charge on any atom is 0.255 e. The number of fused-ring (bicyclic) bond motifs is 1. The van der Waals surface area contributed by atoms with E-state index in [1.165, 1.54) is 7.11 Å². The van der Waals surface area contributed by atoms with E-state index in [9.17, 15) is 14.0 Å². The number of ether oxygens (including phenoxy) is 2. The van der Waals surface area contributed by atoms with Gasteiger partial charge in [0.25, 0.3) is 11.8 Å². The van der Waals surface area contributed by atoms with Gasteiger partial charge in [0.05, 0.1) is 30.8 Å². The van der Waals surface area contributed by atoms with Gasteiger partial charge in [-0.3, -0.25) is 14.5 Å². The molecule has 0 saturated carbocycles. The Labute approximate surface area is 186 Å². The highest BCUT2D eigenvalue weighted by Crippen LogP contribution is 2.33. The molecular formula is C23H27FN4O4. The average Bonchev–Trinajstić information content (AvgIpc) is 3.04. The minimum atomic E-state index is -1.55. The van der Waals surface area contributed by atoms with Crippen LogP contribution in [0.2, 0.25) is 0 Å². The second kappa shape index (κ2) is 9.83. The van der Waals surface area contributed by atoms with Crippen LogP contribution < -0.4 is 20.5 Å². The van der Waals surface area contributed by atoms with Gasteiger partial charge >= 0.3 is 0 Å². The largest absolute Gasteiger partial charge is 0.496 e. The van der Waals surface area contributed by atoms with Crippen LogP contribution >= 0.6 is 0 Å². The van der Waals surface area contributed by atoms with Gasteiger partial charge in [0.1, 0.15) is 12.4 Å². The van der Waals surface area contributed by atoms with Crippen LogP contribution in [-0.4, -0.2) is 68.3 Å². The van der Waals surface area contributed by atoms with Crippen LogP contribution in [0.15, 0.2) is 18.3 Å². The molecule has 3 N–H and O–H groups in total. The Morgan fingerprint density at radius 2 is 2.09 bits per heavy atom. The number of benzene rings is 1. The number of nitrogens with two attached hydrogens (primary N) is 1. The number of amides is 2. The van der Waals surface area contributed by atoms with Gasteiger partial charge < -0.3 is 20.5 Å². The van der Waals surface area contributed by atoms with Gasteiger partial charge in [-0.2, -0.15) is 0 Å². The van der Waals surface area contributed by atoms with Crippen LogP contribution in [0.4, 0.5) is 4.39 Å². The Kier molecular flexibility index (Phi) is 7.15. The summed E-state index contributed by atoms with van der Waals surface area (Å²) in [5, 5.41) is 3.83. The normalized spacial score (nSPS) is 20.1. The van der Waals surface area contributed by atoms with Crippen molar-refractivity contribution in [2.75, 3.05) is 34.4 Å². The molecule has 8 nitrogen and oxygen atoms in total. The van der Waals surface area contributed by atoms with E-state index < -0.39 is 29.9 Å². The average molecular weight is 442 g/mol. The number of rotatable bonds is 7. The molecule has 2 aromatic rings. The molecule has 0 radical (unpaired) electrons. The topological polar surface area (TPSA) is 107 Å². The van der Waals surface area contributed by atoms with E-state index in [1.807, 2.05) is 25.9 Å². The SMILES string of the molecule is CCC1[C@H](F)C(=O)N[C@@H]1COc1ncc(C#CCN(C)C)c2cc(C(N)=O)c(OC)cc12. The standard InChI is InChI=1S/C23H27FN4O4/c1-5-14-18(27-22(30)20(14)24)12-32-23-16-10-19(31-4)17(21(25)29)9-15(16)13(11-26-23)7-6-8-28(2)3/h9-11,14,18,20H,5,8,12H2,1-4H3,(H2,25,29)(H,27,30)/t14?,18-,20+/m1/s1. The molecule has 3 atom stereocenters. The van der Waals surface area contributed by atoms with E-state index in [-0.39, 0.29) is 23.8 Å². The van der Waals surface area contributed by atoms with Crippen LogP contribution in [0.1, 0.15) is 29.3 Å². The van der Waals surface area contributed by atoms with Crippen LogP contribution in [0, 0.1) is 17.8 Å². The van der Waals surface area contributed by atoms with E-state index in [2.05, 4.69) is 22.1 Å². The molecule has 0 bridgehead atoms. The fourth-order valence-electron chi connectivity index (χ4n) is 3.70. The van der Waals surface area contributed by atoms with Crippen molar-refractivity contribution in [2.45, 2.75) is 25.6 Å². The van der Waals surface area contributed by atoms with Crippen molar-refractivity contribution in [3.05, 3.63) is 29.5 Å². The van der Waals surface area contributed by atoms with Gasteiger partial charge in [-0.15, -0.1) is 0 Å². The second-order valence-electron chi connectivity index (χ2n) is 7.88. The number of halogens is 1. The Bertz CT molecular complexity index is 1090. The number of nitrogens with zero attached hydrogens (tertiary/aromatic N) is 2. The highest BCUT2D eigenvalue weighted by molar-refractivity contribution is 6.03. The Hall–Kier alpha value is -3.38. The predicted molar refractivity (Wildman–Crippen MR) is 118 cm³/mol. The maximum atomic E-state index is 14.1. The number of aromatic nitrogens is 1. The highest BCUT2D eigenvalue weighted by atomic mass is 19.1. The summed E-state index contributed by atoms with van der Waals surface area (Å²) in [5.41, 5.74) is 6.33. The Balaban J connectivity index is 2.02. The molecule has 1 unspecified atom stereocenters. The molecule has 9 heteroatoms. The van der Waals surface area contributed by atoms with Crippen molar-refractivity contribution in [3.8, 4) is 23.5 Å². The molecule has 1 aliphatic heterocycles. The smallest absolute Gasteiger partial charge is 0.255 e. The van der Waals surface area contributed by atoms with Crippen molar-refractivity contribution in [1.29, 1.82) is 0 Å². The van der Waals surface area contributed by atoms with E-state index in [0.29, 0.717) is 29.3 Å². The number of carbonyl (C=O) groups excluding carboxylic acids is 2. The Morgan fingerprint density at radius 3 is 2.72 bits per heavy atom. The summed E-state index contributed by atoms with van der Waals surface area (Å²) in [6.07, 6.45) is 0.504. The molecule has 1 aromatic heterocycles. The third-order valence-electron chi connectivity index (χ3n) is 5.40. The molecule has 2 amide bonds. The molecule has 1 fully saturated rings. The summed E-state index contributed by atoms with van der Waals surface area (Å²) in [7, 11) is 5.25. The first-order valence-corrected chi connectivity index (χ1v) is 10.3. The zero-order valence-corrected chi connectivity index (χ0v) is 18.6. The van der Waals surface area contributed by atoms with E-state index in [4.69, 9.17) is 15.2 Å². The number of hydrogen-bond acceptors (Lipinski definition) is 6. The molecule has 32 heavy (non-hydrogen) atoms. The lowest BCUT2D eigenvalue weighted by Crippen LogP contribution is -2.34. The number of alkyl halides is 1. The Morgan fingerprint density at radius 1 is 1.34 bits per heavy atom. The van der Waals surface area contributed by atoms with Crippen molar-refractivity contribution >= 4 is 22.6 Å². The van der Waals surface area contributed by atoms with Gasteiger partial charge in [0.2, 0.25) is 5.88 Å². The first-order valence-electron chi connectivity index (χ1n) is 10.3. The first kappa shape index (κ1) is 23.3. The lowest BCUT2D eigenvalue weighted by molar-refractivity contribution is -0.123. The van der Waals surface area contributed by atoms with E-state index in [1.54, 1.807) is 18.3 Å². The summed E-state index contributed by atoms with van der Waals surface area (Å²) < 4.78 is 25.3. The summed E-state index contributed by atoms with van der Waals surface area (Å²) >= 11 is 0. The molecule has 2 heterocycles. The summed E-state index contributed by atoms with van der Waals surface area (Å²) in [4.78, 5) is 30.0. The van der Waals surface area contributed by atoms with Gasteiger partial charge in [-0.25, -0.2) is 9.37 Å². The molecule has 0 aliphatic carbocycles. The van der Waals surface area contributed by atoms with E-state index >= 15 is 0 Å². The summed E-state index contributed by atoms with van der Waals surface area (Å²) in [5.74, 6) is 4.92. The predicted octanol–water partition coefficient (Wildman–Crippen LogP) is 1.50. The third kappa shape index (κ3) is 4.75. The first-order chi connectivity index (χ1) is 15.3. The third-order valence-corrected chi connectivity index (χ3v) is 5.40. The minimum Gasteiger partial charge on any atom is -0.496 e. The molecule has 1 saturated heterocycles. The zero-order chi connectivity index (χ0) is 23.4. The molecule has 170 valence electrons. The van der Waals surface area contributed by atoms with E-state index in [0.717, 1.165) is 0 Å². The number of pyridine rings is 1. The van der Waals surface area contributed by atoms with Gasteiger partial charge in [0, 0.05) is 22.9 Å². The van der Waals surface area contributed by atoms with Crippen LogP contribution in [0.5, 0.6) is 11.6 Å². The number of primary amides is 1.